The van der Waals surface area contributed by atoms with E-state index < -0.39 is 17.4 Å². The van der Waals surface area contributed by atoms with Crippen LogP contribution in [0.3, 0.4) is 0 Å². The molecular weight excluding hydrogens is 458 g/mol. The molecule has 4 rings (SSSR count). The highest BCUT2D eigenvalue weighted by atomic mass is 16.5. The Morgan fingerprint density at radius 3 is 2.31 bits per heavy atom. The van der Waals surface area contributed by atoms with Crippen molar-refractivity contribution < 1.29 is 14.3 Å². The zero-order valence-electron chi connectivity index (χ0n) is 20.3. The quantitative estimate of drug-likeness (QED) is 0.406. The second-order valence-corrected chi connectivity index (χ2v) is 9.33. The average Bonchev–Trinajstić information content (AvgIpc) is 2.88. The lowest BCUT2D eigenvalue weighted by molar-refractivity contribution is -0.122. The lowest BCUT2D eigenvalue weighted by Gasteiger charge is -2.19. The third-order valence-electron chi connectivity index (χ3n) is 5.58. The van der Waals surface area contributed by atoms with Crippen LogP contribution in [0.2, 0.25) is 0 Å². The molecule has 0 aliphatic rings. The van der Waals surface area contributed by atoms with Gasteiger partial charge >= 0.3 is 0 Å². The zero-order valence-corrected chi connectivity index (χ0v) is 20.3. The highest BCUT2D eigenvalue weighted by Gasteiger charge is 2.13. The molecule has 1 aromatic heterocycles. The molecule has 2 N–H and O–H groups in total. The minimum absolute atomic E-state index is 0.0801. The first-order valence-electron chi connectivity index (χ1n) is 11.4. The first-order valence-corrected chi connectivity index (χ1v) is 11.4. The molecule has 3 aromatic carbocycles. The number of rotatable bonds is 6. The number of amides is 2. The summed E-state index contributed by atoms with van der Waals surface area (Å²) >= 11 is 0. The van der Waals surface area contributed by atoms with E-state index in [1.165, 1.54) is 5.56 Å². The summed E-state index contributed by atoms with van der Waals surface area (Å²) in [5.41, 5.74) is 7.19. The Hall–Kier alpha value is -4.53. The Balaban J connectivity index is 1.28. The van der Waals surface area contributed by atoms with Gasteiger partial charge in [0.25, 0.3) is 17.4 Å². The van der Waals surface area contributed by atoms with Gasteiger partial charge in [-0.3, -0.25) is 25.2 Å². The summed E-state index contributed by atoms with van der Waals surface area (Å²) in [6, 6.07) is 21.6. The van der Waals surface area contributed by atoms with Crippen LogP contribution in [-0.2, 0) is 23.4 Å². The Morgan fingerprint density at radius 1 is 0.917 bits per heavy atom. The minimum atomic E-state index is -0.613. The number of hydrogen-bond acceptors (Lipinski definition) is 6. The predicted molar refractivity (Wildman–Crippen MR) is 135 cm³/mol. The molecular formula is C27H27N5O4. The molecule has 1 heterocycles. The zero-order chi connectivity index (χ0) is 25.7. The number of carbonyl (C=O) groups is 2. The number of ether oxygens (including phenoxy) is 1. The van der Waals surface area contributed by atoms with Crippen LogP contribution in [0, 0.1) is 0 Å². The van der Waals surface area contributed by atoms with Crippen molar-refractivity contribution >= 4 is 22.7 Å². The molecule has 0 fully saturated rings. The van der Waals surface area contributed by atoms with Crippen LogP contribution in [0.4, 0.5) is 0 Å². The standard InChI is InChI=1S/C27H27N5O4/c1-27(2,3)20-12-14-21(15-13-20)36-17-18-8-10-19(11-9-18)25(34)30-29-24(33)16-32-26(35)22-6-4-5-7-23(22)28-31-32/h4-15H,16-17H2,1-3H3,(H,29,33)(H,30,34). The second-order valence-electron chi connectivity index (χ2n) is 9.33. The monoisotopic (exact) mass is 485 g/mol. The number of nitrogens with one attached hydrogen (secondary N) is 2. The fourth-order valence-corrected chi connectivity index (χ4v) is 3.47. The van der Waals surface area contributed by atoms with Crippen molar-refractivity contribution in [3.05, 3.63) is 99.8 Å². The van der Waals surface area contributed by atoms with Crippen LogP contribution < -0.4 is 21.1 Å². The van der Waals surface area contributed by atoms with Gasteiger partial charge in [0.2, 0.25) is 0 Å². The number of hydrogen-bond donors (Lipinski definition) is 2. The maximum atomic E-state index is 12.4. The van der Waals surface area contributed by atoms with Gasteiger partial charge in [0.05, 0.1) is 5.39 Å². The van der Waals surface area contributed by atoms with Gasteiger partial charge in [-0.1, -0.05) is 62.4 Å². The molecule has 0 aliphatic carbocycles. The summed E-state index contributed by atoms with van der Waals surface area (Å²) in [5.74, 6) is -0.342. The summed E-state index contributed by atoms with van der Waals surface area (Å²) in [4.78, 5) is 37.0. The van der Waals surface area contributed by atoms with Crippen LogP contribution in [-0.4, -0.2) is 26.8 Å². The van der Waals surface area contributed by atoms with Gasteiger partial charge in [-0.15, -0.1) is 5.10 Å². The van der Waals surface area contributed by atoms with Gasteiger partial charge in [-0.25, -0.2) is 4.68 Å². The number of fused-ring (bicyclic) bond motifs is 1. The fourth-order valence-electron chi connectivity index (χ4n) is 3.47. The summed E-state index contributed by atoms with van der Waals surface area (Å²) < 4.78 is 6.78. The van der Waals surface area contributed by atoms with E-state index in [0.717, 1.165) is 16.0 Å². The molecule has 2 amide bonds. The summed E-state index contributed by atoms with van der Waals surface area (Å²) in [5, 5.41) is 8.05. The van der Waals surface area contributed by atoms with Crippen molar-refractivity contribution in [1.29, 1.82) is 0 Å². The second kappa shape index (κ2) is 10.4. The minimum Gasteiger partial charge on any atom is -0.489 e. The lowest BCUT2D eigenvalue weighted by Crippen LogP contribution is -2.44. The Bertz CT molecular complexity index is 1440. The largest absolute Gasteiger partial charge is 0.489 e. The average molecular weight is 486 g/mol. The van der Waals surface area contributed by atoms with Crippen molar-refractivity contribution in [2.45, 2.75) is 39.3 Å². The van der Waals surface area contributed by atoms with Crippen LogP contribution in [0.25, 0.3) is 10.9 Å². The van der Waals surface area contributed by atoms with Crippen molar-refractivity contribution in [1.82, 2.24) is 25.8 Å². The molecule has 0 aliphatic heterocycles. The topological polar surface area (TPSA) is 115 Å². The normalized spacial score (nSPS) is 11.2. The van der Waals surface area contributed by atoms with E-state index in [2.05, 4.69) is 54.1 Å². The Labute approximate surface area is 208 Å². The predicted octanol–water partition coefficient (Wildman–Crippen LogP) is 3.13. The summed E-state index contributed by atoms with van der Waals surface area (Å²) in [6.07, 6.45) is 0. The molecule has 0 spiro atoms. The first kappa shape index (κ1) is 24.6. The van der Waals surface area contributed by atoms with E-state index in [9.17, 15) is 14.4 Å². The van der Waals surface area contributed by atoms with Crippen molar-refractivity contribution in [2.24, 2.45) is 0 Å². The van der Waals surface area contributed by atoms with E-state index in [1.54, 1.807) is 48.5 Å². The summed E-state index contributed by atoms with van der Waals surface area (Å²) in [7, 11) is 0. The summed E-state index contributed by atoms with van der Waals surface area (Å²) in [6.45, 7) is 6.45. The number of aromatic nitrogens is 3. The van der Waals surface area contributed by atoms with Gasteiger partial charge in [-0.2, -0.15) is 0 Å². The molecule has 36 heavy (non-hydrogen) atoms. The molecule has 4 aromatic rings. The van der Waals surface area contributed by atoms with E-state index in [0.29, 0.717) is 23.1 Å². The Morgan fingerprint density at radius 2 is 1.61 bits per heavy atom. The van der Waals surface area contributed by atoms with Crippen LogP contribution in [0.15, 0.2) is 77.6 Å². The third-order valence-corrected chi connectivity index (χ3v) is 5.58. The molecule has 184 valence electrons. The number of carbonyl (C=O) groups excluding carboxylic acids is 2. The maximum Gasteiger partial charge on any atom is 0.278 e. The molecule has 0 radical (unpaired) electrons. The smallest absolute Gasteiger partial charge is 0.278 e. The highest BCUT2D eigenvalue weighted by molar-refractivity contribution is 5.95. The van der Waals surface area contributed by atoms with Crippen molar-refractivity contribution in [3.8, 4) is 5.75 Å². The molecule has 9 nitrogen and oxygen atoms in total. The number of hydrazine groups is 1. The van der Waals surface area contributed by atoms with E-state index in [4.69, 9.17) is 4.74 Å². The Kier molecular flexibility index (Phi) is 7.10. The lowest BCUT2D eigenvalue weighted by atomic mass is 9.87. The maximum absolute atomic E-state index is 12.4. The van der Waals surface area contributed by atoms with Gasteiger partial charge in [-0.05, 0) is 52.9 Å². The molecule has 9 heteroatoms. The van der Waals surface area contributed by atoms with Crippen LogP contribution in [0.1, 0.15) is 42.3 Å². The van der Waals surface area contributed by atoms with Gasteiger partial charge < -0.3 is 4.74 Å². The number of benzene rings is 3. The molecule has 0 atom stereocenters. The highest BCUT2D eigenvalue weighted by Crippen LogP contribution is 2.24. The van der Waals surface area contributed by atoms with E-state index in [1.807, 2.05) is 12.1 Å². The third kappa shape index (κ3) is 5.93. The van der Waals surface area contributed by atoms with Crippen LogP contribution in [0.5, 0.6) is 5.75 Å². The fraction of sp³-hybridized carbons (Fsp3) is 0.222. The van der Waals surface area contributed by atoms with E-state index >= 15 is 0 Å². The molecule has 0 saturated carbocycles. The first-order chi connectivity index (χ1) is 17.2. The molecule has 0 saturated heterocycles. The number of nitrogens with zero attached hydrogens (tertiary/aromatic N) is 3. The van der Waals surface area contributed by atoms with Crippen molar-refractivity contribution in [2.75, 3.05) is 0 Å². The SMILES string of the molecule is CC(C)(C)c1ccc(OCc2ccc(C(=O)NNC(=O)Cn3nnc4ccccc4c3=O)cc2)cc1. The van der Waals surface area contributed by atoms with Crippen molar-refractivity contribution in [3.63, 3.8) is 0 Å². The van der Waals surface area contributed by atoms with Crippen LogP contribution >= 0.6 is 0 Å². The van der Waals surface area contributed by atoms with Gasteiger partial charge in [0.15, 0.2) is 0 Å². The van der Waals surface area contributed by atoms with Gasteiger partial charge in [0.1, 0.15) is 24.4 Å². The van der Waals surface area contributed by atoms with Gasteiger partial charge in [0, 0.05) is 5.56 Å². The molecule has 0 bridgehead atoms. The molecule has 0 unspecified atom stereocenters. The van der Waals surface area contributed by atoms with E-state index in [-0.39, 0.29) is 12.0 Å².